The maximum atomic E-state index is 7.05. The van der Waals surface area contributed by atoms with Gasteiger partial charge in [-0.15, -0.1) is 0 Å². The van der Waals surface area contributed by atoms with Crippen LogP contribution in [0.4, 0.5) is 0 Å². The van der Waals surface area contributed by atoms with Crippen molar-refractivity contribution in [3.8, 4) is 0 Å². The second-order valence-electron chi connectivity index (χ2n) is 1.61. The third kappa shape index (κ3) is 0.601. The SMILES string of the molecule is [NH]C1C=CCC1. The van der Waals surface area contributed by atoms with Gasteiger partial charge < -0.3 is 0 Å². The fraction of sp³-hybridized carbons (Fsp3) is 0.600. The molecule has 1 atom stereocenters. The summed E-state index contributed by atoms with van der Waals surface area (Å²) in [6, 6.07) is 0.116. The first-order chi connectivity index (χ1) is 2.89. The Kier molecular flexibility index (Phi) is 0.926. The molecule has 33 valence electrons. The molecule has 1 unspecified atom stereocenters. The van der Waals surface area contributed by atoms with Crippen molar-refractivity contribution in [3.63, 3.8) is 0 Å². The molecule has 0 aromatic heterocycles. The summed E-state index contributed by atoms with van der Waals surface area (Å²) in [6.07, 6.45) is 6.17. The van der Waals surface area contributed by atoms with Crippen LogP contribution in [0.3, 0.4) is 0 Å². The number of nitrogens with one attached hydrogen (secondary N) is 1. The molecule has 0 saturated heterocycles. The standard InChI is InChI=1S/C5H8N/c6-5-3-1-2-4-5/h1,3,5-6H,2,4H2. The van der Waals surface area contributed by atoms with E-state index in [1.54, 1.807) is 0 Å². The monoisotopic (exact) mass is 82.1 g/mol. The lowest BCUT2D eigenvalue weighted by molar-refractivity contribution is 0.758. The first kappa shape index (κ1) is 3.88. The fourth-order valence-corrected chi connectivity index (χ4v) is 0.632. The maximum absolute atomic E-state index is 7.05. The summed E-state index contributed by atoms with van der Waals surface area (Å²) in [7, 11) is 0. The Balaban J connectivity index is 2.38. The van der Waals surface area contributed by atoms with Crippen LogP contribution >= 0.6 is 0 Å². The summed E-state index contributed by atoms with van der Waals surface area (Å²) in [5, 5.41) is 0. The third-order valence-corrected chi connectivity index (χ3v) is 1.01. The molecule has 1 radical (unpaired) electrons. The van der Waals surface area contributed by atoms with Crippen molar-refractivity contribution in [2.45, 2.75) is 18.9 Å². The van der Waals surface area contributed by atoms with Crippen LogP contribution in [0.15, 0.2) is 12.2 Å². The van der Waals surface area contributed by atoms with E-state index in [1.807, 2.05) is 6.08 Å². The van der Waals surface area contributed by atoms with Gasteiger partial charge in [0, 0.05) is 6.04 Å². The lowest BCUT2D eigenvalue weighted by atomic mass is 10.3. The number of allylic oxidation sites excluding steroid dienone is 1. The van der Waals surface area contributed by atoms with Gasteiger partial charge in [-0.3, -0.25) is 5.73 Å². The van der Waals surface area contributed by atoms with E-state index in [1.165, 1.54) is 0 Å². The molecule has 0 aromatic rings. The molecule has 1 heteroatoms. The molecule has 1 aliphatic carbocycles. The molecule has 0 fully saturated rings. The largest absolute Gasteiger partial charge is 0.250 e. The van der Waals surface area contributed by atoms with Gasteiger partial charge in [0.2, 0.25) is 0 Å². The minimum Gasteiger partial charge on any atom is -0.250 e. The van der Waals surface area contributed by atoms with Crippen molar-refractivity contribution in [3.05, 3.63) is 12.2 Å². The smallest absolute Gasteiger partial charge is 0.0396 e. The lowest BCUT2D eigenvalue weighted by Gasteiger charge is -1.88. The van der Waals surface area contributed by atoms with E-state index in [4.69, 9.17) is 5.73 Å². The number of rotatable bonds is 0. The predicted octanol–water partition coefficient (Wildman–Crippen LogP) is 0.988. The molecule has 1 aliphatic rings. The molecule has 0 bridgehead atoms. The van der Waals surface area contributed by atoms with Crippen LogP contribution in [0.25, 0.3) is 0 Å². The first-order valence-electron chi connectivity index (χ1n) is 2.27. The molecule has 0 saturated carbocycles. The third-order valence-electron chi connectivity index (χ3n) is 1.01. The summed E-state index contributed by atoms with van der Waals surface area (Å²) in [6.45, 7) is 0. The zero-order valence-electron chi connectivity index (χ0n) is 3.65. The summed E-state index contributed by atoms with van der Waals surface area (Å²) >= 11 is 0. The van der Waals surface area contributed by atoms with Crippen LogP contribution < -0.4 is 5.73 Å². The molecule has 0 spiro atoms. The van der Waals surface area contributed by atoms with Crippen molar-refractivity contribution < 1.29 is 0 Å². The Morgan fingerprint density at radius 3 is 2.67 bits per heavy atom. The van der Waals surface area contributed by atoms with E-state index in [9.17, 15) is 0 Å². The van der Waals surface area contributed by atoms with Crippen molar-refractivity contribution in [1.82, 2.24) is 5.73 Å². The quantitative estimate of drug-likeness (QED) is 0.389. The van der Waals surface area contributed by atoms with E-state index < -0.39 is 0 Å². The van der Waals surface area contributed by atoms with Crippen LogP contribution in [0.5, 0.6) is 0 Å². The molecule has 6 heavy (non-hydrogen) atoms. The summed E-state index contributed by atoms with van der Waals surface area (Å²) in [5.41, 5.74) is 7.05. The molecule has 0 aliphatic heterocycles. The van der Waals surface area contributed by atoms with E-state index >= 15 is 0 Å². The zero-order valence-corrected chi connectivity index (χ0v) is 3.65. The molecule has 0 aromatic carbocycles. The molecular weight excluding hydrogens is 74.1 g/mol. The highest BCUT2D eigenvalue weighted by molar-refractivity contribution is 4.98. The average Bonchev–Trinajstić information content (AvgIpc) is 1.86. The minimum absolute atomic E-state index is 0.116. The van der Waals surface area contributed by atoms with Gasteiger partial charge in [-0.05, 0) is 12.8 Å². The summed E-state index contributed by atoms with van der Waals surface area (Å²) in [5.74, 6) is 0. The van der Waals surface area contributed by atoms with Gasteiger partial charge in [-0.1, -0.05) is 12.2 Å². The normalized spacial score (nSPS) is 31.8. The Morgan fingerprint density at radius 2 is 2.50 bits per heavy atom. The highest BCUT2D eigenvalue weighted by Gasteiger charge is 2.00. The van der Waals surface area contributed by atoms with E-state index in [0.29, 0.717) is 0 Å². The fourth-order valence-electron chi connectivity index (χ4n) is 0.632. The van der Waals surface area contributed by atoms with E-state index in [-0.39, 0.29) is 6.04 Å². The molecule has 1 nitrogen and oxygen atoms in total. The van der Waals surface area contributed by atoms with Gasteiger partial charge in [-0.2, -0.15) is 0 Å². The molecule has 0 amide bonds. The molecular formula is C5H8N. The van der Waals surface area contributed by atoms with Gasteiger partial charge in [-0.25, -0.2) is 0 Å². The number of hydrogen-bond donors (Lipinski definition) is 0. The van der Waals surface area contributed by atoms with Crippen LogP contribution in [0.1, 0.15) is 12.8 Å². The first-order valence-corrected chi connectivity index (χ1v) is 2.27. The van der Waals surface area contributed by atoms with E-state index in [2.05, 4.69) is 6.08 Å². The van der Waals surface area contributed by atoms with Crippen LogP contribution in [0.2, 0.25) is 0 Å². The van der Waals surface area contributed by atoms with E-state index in [0.717, 1.165) is 12.8 Å². The van der Waals surface area contributed by atoms with Gasteiger partial charge >= 0.3 is 0 Å². The van der Waals surface area contributed by atoms with Gasteiger partial charge in [0.15, 0.2) is 0 Å². The highest BCUT2D eigenvalue weighted by Crippen LogP contribution is 2.06. The summed E-state index contributed by atoms with van der Waals surface area (Å²) < 4.78 is 0. The Hall–Kier alpha value is -0.300. The average molecular weight is 82.1 g/mol. The highest BCUT2D eigenvalue weighted by atomic mass is 14.6. The molecule has 1 rings (SSSR count). The van der Waals surface area contributed by atoms with Gasteiger partial charge in [0.25, 0.3) is 0 Å². The summed E-state index contributed by atoms with van der Waals surface area (Å²) in [4.78, 5) is 0. The van der Waals surface area contributed by atoms with Gasteiger partial charge in [0.05, 0.1) is 0 Å². The Labute approximate surface area is 37.8 Å². The predicted molar refractivity (Wildman–Crippen MR) is 25.3 cm³/mol. The minimum atomic E-state index is 0.116. The van der Waals surface area contributed by atoms with Crippen molar-refractivity contribution in [2.24, 2.45) is 0 Å². The van der Waals surface area contributed by atoms with Crippen molar-refractivity contribution >= 4 is 0 Å². The topological polar surface area (TPSA) is 23.8 Å². The second-order valence-corrected chi connectivity index (χ2v) is 1.61. The lowest BCUT2D eigenvalue weighted by Crippen LogP contribution is -1.96. The zero-order chi connectivity index (χ0) is 4.41. The molecule has 0 heterocycles. The molecule has 1 N–H and O–H groups in total. The maximum Gasteiger partial charge on any atom is 0.0396 e. The number of hydrogen-bond acceptors (Lipinski definition) is 0. The Bertz CT molecular complexity index is 66.3. The Morgan fingerprint density at radius 1 is 1.67 bits per heavy atom. The van der Waals surface area contributed by atoms with Crippen molar-refractivity contribution in [1.29, 1.82) is 0 Å². The van der Waals surface area contributed by atoms with Gasteiger partial charge in [0.1, 0.15) is 0 Å². The van der Waals surface area contributed by atoms with Crippen LogP contribution in [-0.2, 0) is 0 Å². The van der Waals surface area contributed by atoms with Crippen LogP contribution in [0, 0.1) is 0 Å². The van der Waals surface area contributed by atoms with Crippen molar-refractivity contribution in [2.75, 3.05) is 0 Å². The van der Waals surface area contributed by atoms with Crippen LogP contribution in [-0.4, -0.2) is 6.04 Å². The second kappa shape index (κ2) is 1.43.